The highest BCUT2D eigenvalue weighted by Crippen LogP contribution is 2.15. The maximum absolute atomic E-state index is 12.5. The van der Waals surface area contributed by atoms with Gasteiger partial charge in [-0.15, -0.1) is 0 Å². The first kappa shape index (κ1) is 11.5. The van der Waals surface area contributed by atoms with Crippen molar-refractivity contribution in [3.8, 4) is 0 Å². The zero-order valence-electron chi connectivity index (χ0n) is 7.74. The summed E-state index contributed by atoms with van der Waals surface area (Å²) in [5, 5.41) is 0.493. The maximum Gasteiger partial charge on any atom is 0.374 e. The highest BCUT2D eigenvalue weighted by Gasteiger charge is 2.17. The smallest absolute Gasteiger partial charge is 0.352 e. The lowest BCUT2D eigenvalue weighted by atomic mass is 10.4. The minimum absolute atomic E-state index is 0.0396. The summed E-state index contributed by atoms with van der Waals surface area (Å²) in [6.45, 7) is -0.0396. The van der Waals surface area contributed by atoms with Gasteiger partial charge in [0.25, 0.3) is 0 Å². The molecule has 0 bridgehead atoms. The molecule has 1 rings (SSSR count). The van der Waals surface area contributed by atoms with Gasteiger partial charge in [0, 0.05) is 26.0 Å². The highest BCUT2D eigenvalue weighted by molar-refractivity contribution is 7.83. The Balaban J connectivity index is 2.85. The summed E-state index contributed by atoms with van der Waals surface area (Å²) in [6, 6.07) is 1.59. The number of halogens is 2. The van der Waals surface area contributed by atoms with Crippen LogP contribution in [-0.2, 0) is 24.0 Å². The number of aromatic nitrogens is 1. The van der Waals surface area contributed by atoms with E-state index in [9.17, 15) is 12.3 Å². The van der Waals surface area contributed by atoms with Crippen LogP contribution in [0.4, 0.5) is 3.89 Å². The van der Waals surface area contributed by atoms with Crippen molar-refractivity contribution in [3.63, 3.8) is 0 Å². The average molecular weight is 241 g/mol. The molecule has 0 N–H and O–H groups in total. The second kappa shape index (κ2) is 3.88. The molecule has 14 heavy (non-hydrogen) atoms. The van der Waals surface area contributed by atoms with Gasteiger partial charge in [-0.2, -0.15) is 12.7 Å². The number of nitrogens with zero attached hydrogens (tertiary/aromatic N) is 2. The molecule has 7 heteroatoms. The Hall–Kier alpha value is -0.590. The SMILES string of the molecule is CN(Cc1cc(Cl)cn1C)S(=O)(=O)F. The Morgan fingerprint density at radius 1 is 1.64 bits per heavy atom. The van der Waals surface area contributed by atoms with Crippen molar-refractivity contribution in [2.75, 3.05) is 7.05 Å². The van der Waals surface area contributed by atoms with Crippen LogP contribution < -0.4 is 0 Å². The molecule has 1 aromatic heterocycles. The Kier molecular flexibility index (Phi) is 3.18. The van der Waals surface area contributed by atoms with Gasteiger partial charge < -0.3 is 4.57 Å². The molecule has 0 saturated carbocycles. The zero-order valence-corrected chi connectivity index (χ0v) is 9.31. The van der Waals surface area contributed by atoms with Crippen molar-refractivity contribution in [3.05, 3.63) is 23.0 Å². The van der Waals surface area contributed by atoms with Crippen molar-refractivity contribution in [2.24, 2.45) is 7.05 Å². The van der Waals surface area contributed by atoms with E-state index in [2.05, 4.69) is 0 Å². The molecule has 0 radical (unpaired) electrons. The molecule has 1 heterocycles. The molecule has 0 unspecified atom stereocenters. The van der Waals surface area contributed by atoms with Gasteiger partial charge in [0.05, 0.1) is 11.6 Å². The van der Waals surface area contributed by atoms with Gasteiger partial charge in [-0.25, -0.2) is 0 Å². The Morgan fingerprint density at radius 3 is 2.57 bits per heavy atom. The summed E-state index contributed by atoms with van der Waals surface area (Å²) < 4.78 is 35.7. The fourth-order valence-corrected chi connectivity index (χ4v) is 1.59. The summed E-state index contributed by atoms with van der Waals surface area (Å²) in [6.07, 6.45) is 1.62. The molecular formula is C7H10ClFN2O2S. The van der Waals surface area contributed by atoms with Crippen LogP contribution in [-0.4, -0.2) is 24.3 Å². The third-order valence-corrected chi connectivity index (χ3v) is 2.91. The normalized spacial score (nSPS) is 12.4. The monoisotopic (exact) mass is 240 g/mol. The van der Waals surface area contributed by atoms with Gasteiger partial charge in [-0.3, -0.25) is 0 Å². The predicted molar refractivity (Wildman–Crippen MR) is 51.9 cm³/mol. The summed E-state index contributed by atoms with van der Waals surface area (Å²) in [5.41, 5.74) is 0.624. The van der Waals surface area contributed by atoms with Gasteiger partial charge in [-0.05, 0) is 6.07 Å². The molecule has 0 aliphatic carbocycles. The van der Waals surface area contributed by atoms with Crippen LogP contribution in [0.1, 0.15) is 5.69 Å². The average Bonchev–Trinajstić information content (AvgIpc) is 2.28. The number of rotatable bonds is 3. The molecule has 0 atom stereocenters. The van der Waals surface area contributed by atoms with Gasteiger partial charge in [0.1, 0.15) is 0 Å². The Labute approximate surface area is 87.2 Å². The molecule has 0 amide bonds. The first-order chi connectivity index (χ1) is 6.30. The van der Waals surface area contributed by atoms with Crippen molar-refractivity contribution in [2.45, 2.75) is 6.54 Å². The minimum Gasteiger partial charge on any atom is -0.352 e. The van der Waals surface area contributed by atoms with E-state index in [-0.39, 0.29) is 6.54 Å². The van der Waals surface area contributed by atoms with Crippen LogP contribution >= 0.6 is 11.6 Å². The Morgan fingerprint density at radius 2 is 2.21 bits per heavy atom. The molecule has 0 saturated heterocycles. The Bertz CT molecular complexity index is 429. The first-order valence-electron chi connectivity index (χ1n) is 3.77. The van der Waals surface area contributed by atoms with E-state index in [0.717, 1.165) is 7.05 Å². The standard InChI is InChI=1S/C7H10ClFN2O2S/c1-10-4-6(8)3-7(10)5-11(2)14(9,12)13/h3-4H,5H2,1-2H3. The van der Waals surface area contributed by atoms with E-state index >= 15 is 0 Å². The van der Waals surface area contributed by atoms with Crippen molar-refractivity contribution < 1.29 is 12.3 Å². The number of hydrogen-bond acceptors (Lipinski definition) is 2. The topological polar surface area (TPSA) is 42.3 Å². The third-order valence-electron chi connectivity index (χ3n) is 1.83. The number of aryl methyl sites for hydroxylation is 1. The second-order valence-corrected chi connectivity index (χ2v) is 4.84. The lowest BCUT2D eigenvalue weighted by molar-refractivity contribution is 0.422. The summed E-state index contributed by atoms with van der Waals surface area (Å²) >= 11 is 5.68. The molecule has 0 aliphatic heterocycles. The lowest BCUT2D eigenvalue weighted by Crippen LogP contribution is -2.23. The molecule has 1 aromatic rings. The molecule has 0 fully saturated rings. The van der Waals surface area contributed by atoms with Gasteiger partial charge >= 0.3 is 10.4 Å². The molecular weight excluding hydrogens is 231 g/mol. The molecule has 0 aromatic carbocycles. The largest absolute Gasteiger partial charge is 0.374 e. The van der Waals surface area contributed by atoms with Crippen LogP contribution in [0.5, 0.6) is 0 Å². The summed E-state index contributed by atoms with van der Waals surface area (Å²) in [7, 11) is -1.76. The fraction of sp³-hybridized carbons (Fsp3) is 0.429. The molecule has 4 nitrogen and oxygen atoms in total. The van der Waals surface area contributed by atoms with Crippen LogP contribution in [0.2, 0.25) is 5.02 Å². The molecule has 0 aliphatic rings. The van der Waals surface area contributed by atoms with E-state index in [1.807, 2.05) is 0 Å². The fourth-order valence-electron chi connectivity index (χ4n) is 1.03. The lowest BCUT2D eigenvalue weighted by Gasteiger charge is -2.11. The zero-order chi connectivity index (χ0) is 10.9. The minimum atomic E-state index is -4.63. The van der Waals surface area contributed by atoms with Crippen LogP contribution in [0.3, 0.4) is 0 Å². The summed E-state index contributed by atoms with van der Waals surface area (Å²) in [4.78, 5) is 0. The van der Waals surface area contributed by atoms with E-state index < -0.39 is 10.4 Å². The highest BCUT2D eigenvalue weighted by atomic mass is 35.5. The van der Waals surface area contributed by atoms with E-state index in [1.165, 1.54) is 0 Å². The van der Waals surface area contributed by atoms with Crippen molar-refractivity contribution in [1.29, 1.82) is 0 Å². The van der Waals surface area contributed by atoms with E-state index in [1.54, 1.807) is 23.9 Å². The van der Waals surface area contributed by atoms with Gasteiger partial charge in [-0.1, -0.05) is 15.5 Å². The second-order valence-electron chi connectivity index (χ2n) is 2.96. The van der Waals surface area contributed by atoms with Crippen LogP contribution in [0.15, 0.2) is 12.3 Å². The first-order valence-corrected chi connectivity index (χ1v) is 5.49. The molecule has 80 valence electrons. The van der Waals surface area contributed by atoms with Crippen molar-refractivity contribution in [1.82, 2.24) is 8.87 Å². The number of hydrogen-bond donors (Lipinski definition) is 0. The molecule has 0 spiro atoms. The third kappa shape index (κ3) is 2.70. The van der Waals surface area contributed by atoms with E-state index in [4.69, 9.17) is 11.6 Å². The van der Waals surface area contributed by atoms with Crippen LogP contribution in [0.25, 0.3) is 0 Å². The van der Waals surface area contributed by atoms with Crippen molar-refractivity contribution >= 4 is 22.0 Å². The quantitative estimate of drug-likeness (QED) is 0.748. The predicted octanol–water partition coefficient (Wildman–Crippen LogP) is 1.32. The van der Waals surface area contributed by atoms with E-state index in [0.29, 0.717) is 15.0 Å². The van der Waals surface area contributed by atoms with Gasteiger partial charge in [0.15, 0.2) is 0 Å². The van der Waals surface area contributed by atoms with Gasteiger partial charge in [0.2, 0.25) is 0 Å². The van der Waals surface area contributed by atoms with Crippen LogP contribution in [0, 0.1) is 0 Å². The maximum atomic E-state index is 12.5. The summed E-state index contributed by atoms with van der Waals surface area (Å²) in [5.74, 6) is 0.